The Morgan fingerprint density at radius 3 is 3.12 bits per heavy atom. The van der Waals surface area contributed by atoms with Crippen molar-refractivity contribution in [2.24, 2.45) is 0 Å². The van der Waals surface area contributed by atoms with Crippen molar-refractivity contribution in [3.63, 3.8) is 0 Å². The van der Waals surface area contributed by atoms with E-state index in [1.807, 2.05) is 30.3 Å². The maximum absolute atomic E-state index is 8.51. The molecule has 1 saturated heterocycles. The molecule has 0 aliphatic carbocycles. The Hall–Kier alpha value is -1.57. The van der Waals surface area contributed by atoms with Crippen LogP contribution in [0, 0.1) is 11.3 Å². The summed E-state index contributed by atoms with van der Waals surface area (Å²) >= 11 is 0. The normalized spacial score (nSPS) is 18.9. The molecular weight excluding hydrogens is 216 g/mol. The molecular formula is C13H16N2O2. The first kappa shape index (κ1) is 11.9. The number of nitrogens with zero attached hydrogens (tertiary/aromatic N) is 1. The van der Waals surface area contributed by atoms with Gasteiger partial charge in [-0.05, 0) is 12.5 Å². The minimum atomic E-state index is 0.0869. The standard InChI is InChI=1S/C13H16N2O2/c14-6-8-17-13-4-2-1-3-11(13)9-15-12-5-7-16-10-12/h1-4,12,15H,5,7-10H2. The van der Waals surface area contributed by atoms with Crippen molar-refractivity contribution < 1.29 is 9.47 Å². The summed E-state index contributed by atoms with van der Waals surface area (Å²) in [6, 6.07) is 10.2. The average molecular weight is 232 g/mol. The van der Waals surface area contributed by atoms with Gasteiger partial charge in [-0.3, -0.25) is 0 Å². The van der Waals surface area contributed by atoms with Crippen molar-refractivity contribution in [1.29, 1.82) is 5.26 Å². The van der Waals surface area contributed by atoms with E-state index in [1.165, 1.54) is 0 Å². The van der Waals surface area contributed by atoms with Crippen LogP contribution in [0.4, 0.5) is 0 Å². The Morgan fingerprint density at radius 2 is 2.35 bits per heavy atom. The van der Waals surface area contributed by atoms with Gasteiger partial charge in [0.25, 0.3) is 0 Å². The molecule has 90 valence electrons. The second-order valence-electron chi connectivity index (χ2n) is 4.00. The van der Waals surface area contributed by atoms with Crippen LogP contribution in [0.25, 0.3) is 0 Å². The summed E-state index contributed by atoms with van der Waals surface area (Å²) in [5.74, 6) is 0.778. The SMILES string of the molecule is N#CCOc1ccccc1CNC1CCOC1. The third kappa shape index (κ3) is 3.45. The molecule has 1 aromatic carbocycles. The molecule has 1 heterocycles. The highest BCUT2D eigenvalue weighted by Crippen LogP contribution is 2.18. The van der Waals surface area contributed by atoms with Crippen LogP contribution in [-0.4, -0.2) is 25.9 Å². The van der Waals surface area contributed by atoms with Crippen molar-refractivity contribution in [3.05, 3.63) is 29.8 Å². The molecule has 1 aromatic rings. The van der Waals surface area contributed by atoms with Crippen molar-refractivity contribution >= 4 is 0 Å². The van der Waals surface area contributed by atoms with E-state index in [-0.39, 0.29) is 6.61 Å². The van der Waals surface area contributed by atoms with E-state index >= 15 is 0 Å². The van der Waals surface area contributed by atoms with Gasteiger partial charge in [-0.1, -0.05) is 18.2 Å². The van der Waals surface area contributed by atoms with E-state index < -0.39 is 0 Å². The molecule has 1 aliphatic rings. The molecule has 1 unspecified atom stereocenters. The lowest BCUT2D eigenvalue weighted by atomic mass is 10.2. The second kappa shape index (κ2) is 6.24. The monoisotopic (exact) mass is 232 g/mol. The first-order valence-electron chi connectivity index (χ1n) is 5.79. The number of ether oxygens (including phenoxy) is 2. The van der Waals surface area contributed by atoms with Crippen LogP contribution in [0.2, 0.25) is 0 Å². The van der Waals surface area contributed by atoms with Gasteiger partial charge < -0.3 is 14.8 Å². The molecule has 0 saturated carbocycles. The van der Waals surface area contributed by atoms with Crippen LogP contribution >= 0.6 is 0 Å². The van der Waals surface area contributed by atoms with Gasteiger partial charge in [-0.25, -0.2) is 0 Å². The molecule has 1 aliphatic heterocycles. The third-order valence-corrected chi connectivity index (χ3v) is 2.78. The summed E-state index contributed by atoms with van der Waals surface area (Å²) in [7, 11) is 0. The Labute approximate surface area is 101 Å². The predicted molar refractivity (Wildman–Crippen MR) is 63.6 cm³/mol. The van der Waals surface area contributed by atoms with Crippen LogP contribution in [0.3, 0.4) is 0 Å². The molecule has 2 rings (SSSR count). The fraction of sp³-hybridized carbons (Fsp3) is 0.462. The highest BCUT2D eigenvalue weighted by molar-refractivity contribution is 5.33. The van der Waals surface area contributed by atoms with Gasteiger partial charge in [-0.2, -0.15) is 5.26 Å². The first-order chi connectivity index (χ1) is 8.40. The van der Waals surface area contributed by atoms with Gasteiger partial charge in [0, 0.05) is 24.8 Å². The topological polar surface area (TPSA) is 54.3 Å². The van der Waals surface area contributed by atoms with Crippen molar-refractivity contribution in [2.45, 2.75) is 19.0 Å². The van der Waals surface area contributed by atoms with Crippen LogP contribution in [0.15, 0.2) is 24.3 Å². The summed E-state index contributed by atoms with van der Waals surface area (Å²) < 4.78 is 10.7. The Bertz CT molecular complexity index is 395. The Balaban J connectivity index is 1.92. The molecule has 4 heteroatoms. The maximum Gasteiger partial charge on any atom is 0.174 e. The van der Waals surface area contributed by atoms with Gasteiger partial charge in [0.05, 0.1) is 6.61 Å². The number of hydrogen-bond acceptors (Lipinski definition) is 4. The quantitative estimate of drug-likeness (QED) is 0.835. The molecule has 0 bridgehead atoms. The molecule has 0 amide bonds. The first-order valence-corrected chi connectivity index (χ1v) is 5.79. The molecule has 0 spiro atoms. The average Bonchev–Trinajstić information content (AvgIpc) is 2.88. The van der Waals surface area contributed by atoms with E-state index in [4.69, 9.17) is 14.7 Å². The smallest absolute Gasteiger partial charge is 0.174 e. The van der Waals surface area contributed by atoms with E-state index in [1.54, 1.807) is 0 Å². The lowest BCUT2D eigenvalue weighted by Crippen LogP contribution is -2.28. The maximum atomic E-state index is 8.51. The molecule has 1 atom stereocenters. The number of para-hydroxylation sites is 1. The molecule has 0 radical (unpaired) electrons. The number of hydrogen-bond donors (Lipinski definition) is 1. The van der Waals surface area contributed by atoms with Crippen LogP contribution in [-0.2, 0) is 11.3 Å². The lowest BCUT2D eigenvalue weighted by molar-refractivity contribution is 0.189. The van der Waals surface area contributed by atoms with E-state index in [0.717, 1.165) is 37.5 Å². The Kier molecular flexibility index (Phi) is 4.37. The zero-order valence-electron chi connectivity index (χ0n) is 9.69. The van der Waals surface area contributed by atoms with Crippen molar-refractivity contribution in [3.8, 4) is 11.8 Å². The van der Waals surface area contributed by atoms with Gasteiger partial charge in [0.1, 0.15) is 11.8 Å². The molecule has 1 fully saturated rings. The molecule has 0 aromatic heterocycles. The van der Waals surface area contributed by atoms with Crippen LogP contribution in [0.5, 0.6) is 5.75 Å². The van der Waals surface area contributed by atoms with Gasteiger partial charge in [-0.15, -0.1) is 0 Å². The predicted octanol–water partition coefficient (Wildman–Crippen LogP) is 1.47. The number of nitrogens with one attached hydrogen (secondary N) is 1. The summed E-state index contributed by atoms with van der Waals surface area (Å²) in [5, 5.41) is 11.9. The fourth-order valence-electron chi connectivity index (χ4n) is 1.85. The minimum absolute atomic E-state index is 0.0869. The number of nitriles is 1. The lowest BCUT2D eigenvalue weighted by Gasteiger charge is -2.13. The van der Waals surface area contributed by atoms with Crippen molar-refractivity contribution in [2.75, 3.05) is 19.8 Å². The van der Waals surface area contributed by atoms with Crippen LogP contribution in [0.1, 0.15) is 12.0 Å². The molecule has 4 nitrogen and oxygen atoms in total. The zero-order valence-corrected chi connectivity index (χ0v) is 9.69. The highest BCUT2D eigenvalue weighted by Gasteiger charge is 2.15. The fourth-order valence-corrected chi connectivity index (χ4v) is 1.85. The summed E-state index contributed by atoms with van der Waals surface area (Å²) in [6.45, 7) is 2.45. The minimum Gasteiger partial charge on any atom is -0.478 e. The Morgan fingerprint density at radius 1 is 1.47 bits per heavy atom. The van der Waals surface area contributed by atoms with E-state index in [9.17, 15) is 0 Å². The third-order valence-electron chi connectivity index (χ3n) is 2.78. The highest BCUT2D eigenvalue weighted by atomic mass is 16.5. The van der Waals surface area contributed by atoms with Crippen molar-refractivity contribution in [1.82, 2.24) is 5.32 Å². The largest absolute Gasteiger partial charge is 0.478 e. The number of rotatable bonds is 5. The van der Waals surface area contributed by atoms with E-state index in [2.05, 4.69) is 5.32 Å². The molecule has 1 N–H and O–H groups in total. The van der Waals surface area contributed by atoms with Gasteiger partial charge in [0.2, 0.25) is 0 Å². The molecule has 17 heavy (non-hydrogen) atoms. The van der Waals surface area contributed by atoms with Gasteiger partial charge in [0.15, 0.2) is 6.61 Å². The van der Waals surface area contributed by atoms with E-state index in [0.29, 0.717) is 6.04 Å². The second-order valence-corrected chi connectivity index (χ2v) is 4.00. The summed E-state index contributed by atoms with van der Waals surface area (Å²) in [4.78, 5) is 0. The number of benzene rings is 1. The summed E-state index contributed by atoms with van der Waals surface area (Å²) in [6.07, 6.45) is 1.06. The zero-order chi connectivity index (χ0) is 11.9. The van der Waals surface area contributed by atoms with Gasteiger partial charge >= 0.3 is 0 Å². The van der Waals surface area contributed by atoms with Crippen LogP contribution < -0.4 is 10.1 Å². The summed E-state index contributed by atoms with van der Waals surface area (Å²) in [5.41, 5.74) is 1.08.